The number of rotatable bonds is 2. The average molecular weight is 282 g/mol. The number of hydrogen-bond donors (Lipinski definition) is 2. The minimum atomic E-state index is -0.425. The summed E-state index contributed by atoms with van der Waals surface area (Å²) in [5.74, 6) is 0.249. The van der Waals surface area contributed by atoms with Gasteiger partial charge in [-0.15, -0.1) is 0 Å². The van der Waals surface area contributed by atoms with Gasteiger partial charge in [0.15, 0.2) is 10.9 Å². The molecule has 0 saturated heterocycles. The second kappa shape index (κ2) is 5.61. The van der Waals surface area contributed by atoms with Crippen LogP contribution in [0.25, 0.3) is 0 Å². The van der Waals surface area contributed by atoms with Gasteiger partial charge in [-0.25, -0.2) is 4.98 Å². The maximum Gasteiger partial charge on any atom is 0.293 e. The van der Waals surface area contributed by atoms with Crippen molar-refractivity contribution < 1.29 is 9.21 Å². The van der Waals surface area contributed by atoms with E-state index in [4.69, 9.17) is 28.2 Å². The molecule has 0 fully saturated rings. The highest BCUT2D eigenvalue weighted by Crippen LogP contribution is 2.09. The van der Waals surface area contributed by atoms with E-state index < -0.39 is 5.91 Å². The number of nitrogens with zero attached hydrogens (tertiary/aromatic N) is 1. The summed E-state index contributed by atoms with van der Waals surface area (Å²) in [4.78, 5) is 15.6. The van der Waals surface area contributed by atoms with Crippen LogP contribution in [-0.4, -0.2) is 16.0 Å². The van der Waals surface area contributed by atoms with Gasteiger partial charge in [0.25, 0.3) is 5.91 Å². The number of carbonyl (C=O) groups excluding carboxylic acids is 1. The summed E-state index contributed by atoms with van der Waals surface area (Å²) in [5, 5.41) is 5.86. The Balaban J connectivity index is 1.93. The lowest BCUT2D eigenvalue weighted by molar-refractivity contribution is 0.0950. The molecule has 0 spiro atoms. The van der Waals surface area contributed by atoms with Crippen molar-refractivity contribution in [3.05, 3.63) is 47.5 Å². The van der Waals surface area contributed by atoms with E-state index in [1.54, 1.807) is 24.3 Å². The third kappa shape index (κ3) is 3.28. The molecule has 0 saturated carbocycles. The second-order valence-corrected chi connectivity index (χ2v) is 4.09. The number of nitrogens with one attached hydrogen (secondary N) is 2. The van der Waals surface area contributed by atoms with Crippen LogP contribution in [0.3, 0.4) is 0 Å². The van der Waals surface area contributed by atoms with E-state index in [0.717, 1.165) is 0 Å². The number of furan rings is 1. The zero-order chi connectivity index (χ0) is 13.0. The Labute approximate surface area is 113 Å². The van der Waals surface area contributed by atoms with E-state index in [9.17, 15) is 4.79 Å². The van der Waals surface area contributed by atoms with E-state index >= 15 is 0 Å². The Morgan fingerprint density at radius 2 is 2.22 bits per heavy atom. The summed E-state index contributed by atoms with van der Waals surface area (Å²) in [7, 11) is 0. The normalized spacial score (nSPS) is 9.83. The topological polar surface area (TPSA) is 67.2 Å². The molecule has 0 radical (unpaired) electrons. The highest BCUT2D eigenvalue weighted by Gasteiger charge is 2.10. The van der Waals surface area contributed by atoms with Crippen molar-refractivity contribution in [2.24, 2.45) is 0 Å². The molecule has 0 aromatic carbocycles. The molecule has 2 rings (SSSR count). The Hall–Kier alpha value is -1.92. The highest BCUT2D eigenvalue weighted by molar-refractivity contribution is 7.80. The van der Waals surface area contributed by atoms with Gasteiger partial charge in [0.1, 0.15) is 5.82 Å². The maximum atomic E-state index is 11.6. The number of hydrogen-bond acceptors (Lipinski definition) is 4. The molecular formula is C11H8ClN3O2S. The molecule has 0 aliphatic carbocycles. The van der Waals surface area contributed by atoms with Crippen LogP contribution >= 0.6 is 23.8 Å². The Kier molecular flexibility index (Phi) is 3.91. The first-order valence-corrected chi connectivity index (χ1v) is 5.71. The number of aromatic nitrogens is 1. The average Bonchev–Trinajstić information content (AvgIpc) is 2.85. The first-order chi connectivity index (χ1) is 8.65. The van der Waals surface area contributed by atoms with Gasteiger partial charge < -0.3 is 9.73 Å². The summed E-state index contributed by atoms with van der Waals surface area (Å²) >= 11 is 10.7. The van der Waals surface area contributed by atoms with Crippen molar-refractivity contribution in [2.45, 2.75) is 0 Å². The molecular weight excluding hydrogens is 274 g/mol. The molecule has 1 amide bonds. The van der Waals surface area contributed by atoms with E-state index in [1.165, 1.54) is 12.5 Å². The fourth-order valence-corrected chi connectivity index (χ4v) is 1.48. The summed E-state index contributed by atoms with van der Waals surface area (Å²) in [6.45, 7) is 0. The van der Waals surface area contributed by atoms with Gasteiger partial charge in [0.05, 0.1) is 11.3 Å². The van der Waals surface area contributed by atoms with E-state index in [0.29, 0.717) is 10.8 Å². The largest absolute Gasteiger partial charge is 0.459 e. The fraction of sp³-hybridized carbons (Fsp3) is 0. The molecule has 2 aromatic heterocycles. The molecule has 5 nitrogen and oxygen atoms in total. The Morgan fingerprint density at radius 3 is 2.83 bits per heavy atom. The number of anilines is 1. The summed E-state index contributed by atoms with van der Waals surface area (Å²) in [6.07, 6.45) is 2.88. The maximum absolute atomic E-state index is 11.6. The molecule has 0 bridgehead atoms. The van der Waals surface area contributed by atoms with Gasteiger partial charge in [-0.1, -0.05) is 11.6 Å². The van der Waals surface area contributed by atoms with Gasteiger partial charge in [0, 0.05) is 6.20 Å². The minimum absolute atomic E-state index is 0.131. The van der Waals surface area contributed by atoms with Gasteiger partial charge >= 0.3 is 0 Å². The van der Waals surface area contributed by atoms with Crippen LogP contribution in [0.1, 0.15) is 10.6 Å². The van der Waals surface area contributed by atoms with Crippen molar-refractivity contribution in [3.8, 4) is 0 Å². The zero-order valence-electron chi connectivity index (χ0n) is 9.01. The van der Waals surface area contributed by atoms with Crippen LogP contribution in [0.4, 0.5) is 5.82 Å². The monoisotopic (exact) mass is 281 g/mol. The number of pyridine rings is 1. The molecule has 0 unspecified atom stereocenters. The lowest BCUT2D eigenvalue weighted by Crippen LogP contribution is -2.34. The van der Waals surface area contributed by atoms with Crippen LogP contribution in [-0.2, 0) is 0 Å². The van der Waals surface area contributed by atoms with Crippen LogP contribution in [0, 0.1) is 0 Å². The van der Waals surface area contributed by atoms with Gasteiger partial charge in [-0.05, 0) is 36.5 Å². The van der Waals surface area contributed by atoms with Crippen molar-refractivity contribution in [1.82, 2.24) is 10.3 Å². The Morgan fingerprint density at radius 1 is 1.39 bits per heavy atom. The van der Waals surface area contributed by atoms with Crippen molar-refractivity contribution >= 4 is 40.7 Å². The molecule has 92 valence electrons. The molecule has 7 heteroatoms. The van der Waals surface area contributed by atoms with Crippen molar-refractivity contribution in [1.29, 1.82) is 0 Å². The molecule has 0 aliphatic rings. The van der Waals surface area contributed by atoms with Crippen molar-refractivity contribution in [2.75, 3.05) is 5.32 Å². The lowest BCUT2D eigenvalue weighted by Gasteiger charge is -2.07. The molecule has 0 atom stereocenters. The summed E-state index contributed by atoms with van der Waals surface area (Å²) < 4.78 is 4.93. The van der Waals surface area contributed by atoms with Crippen LogP contribution in [0.5, 0.6) is 0 Å². The minimum Gasteiger partial charge on any atom is -0.459 e. The first kappa shape index (κ1) is 12.5. The number of carbonyl (C=O) groups is 1. The smallest absolute Gasteiger partial charge is 0.293 e. The predicted molar refractivity (Wildman–Crippen MR) is 71.6 cm³/mol. The third-order valence-electron chi connectivity index (χ3n) is 1.94. The van der Waals surface area contributed by atoms with Crippen LogP contribution in [0.15, 0.2) is 41.1 Å². The second-order valence-electron chi connectivity index (χ2n) is 3.25. The third-order valence-corrected chi connectivity index (χ3v) is 2.37. The standard InChI is InChI=1S/C11H8ClN3O2S/c12-7-3-4-9(13-6-7)14-11(18)15-10(16)8-2-1-5-17-8/h1-6H,(H2,13,14,15,16,18). The van der Waals surface area contributed by atoms with Gasteiger partial charge in [0.2, 0.25) is 0 Å². The number of amides is 1. The highest BCUT2D eigenvalue weighted by atomic mass is 35.5. The number of halogens is 1. The molecule has 2 heterocycles. The predicted octanol–water partition coefficient (Wildman–Crippen LogP) is 2.45. The number of thiocarbonyl (C=S) groups is 1. The van der Waals surface area contributed by atoms with Gasteiger partial charge in [-0.2, -0.15) is 0 Å². The Bertz CT molecular complexity index is 554. The SMILES string of the molecule is O=C(NC(=S)Nc1ccc(Cl)cn1)c1ccco1. The zero-order valence-corrected chi connectivity index (χ0v) is 10.6. The summed E-state index contributed by atoms with van der Waals surface area (Å²) in [6, 6.07) is 6.46. The van der Waals surface area contributed by atoms with Crippen LogP contribution < -0.4 is 10.6 Å². The quantitative estimate of drug-likeness (QED) is 0.828. The molecule has 2 N–H and O–H groups in total. The van der Waals surface area contributed by atoms with Crippen molar-refractivity contribution in [3.63, 3.8) is 0 Å². The van der Waals surface area contributed by atoms with Crippen LogP contribution in [0.2, 0.25) is 5.02 Å². The molecule has 0 aliphatic heterocycles. The lowest BCUT2D eigenvalue weighted by atomic mass is 10.4. The van der Waals surface area contributed by atoms with E-state index in [-0.39, 0.29) is 10.9 Å². The molecule has 2 aromatic rings. The summed E-state index contributed by atoms with van der Waals surface area (Å²) in [5.41, 5.74) is 0. The van der Waals surface area contributed by atoms with E-state index in [2.05, 4.69) is 15.6 Å². The molecule has 18 heavy (non-hydrogen) atoms. The van der Waals surface area contributed by atoms with E-state index in [1.807, 2.05) is 0 Å². The first-order valence-electron chi connectivity index (χ1n) is 4.92. The van der Waals surface area contributed by atoms with Gasteiger partial charge in [-0.3, -0.25) is 10.1 Å². The fourth-order valence-electron chi connectivity index (χ4n) is 1.17.